The zero-order valence-corrected chi connectivity index (χ0v) is 31.0. The van der Waals surface area contributed by atoms with Crippen molar-refractivity contribution in [2.75, 3.05) is 40.4 Å². The van der Waals surface area contributed by atoms with E-state index in [0.717, 1.165) is 44.6 Å². The van der Waals surface area contributed by atoms with E-state index in [9.17, 15) is 4.79 Å². The fourth-order valence-corrected chi connectivity index (χ4v) is 7.28. The number of quaternary nitrogens is 1. The van der Waals surface area contributed by atoms with Crippen molar-refractivity contribution < 1.29 is 42.7 Å². The molecule has 2 aliphatic carbocycles. The van der Waals surface area contributed by atoms with E-state index in [1.807, 2.05) is 12.3 Å². The normalized spacial score (nSPS) is 26.2. The first-order valence-corrected chi connectivity index (χ1v) is 16.7. The zero-order valence-electron chi connectivity index (χ0n) is 26.7. The van der Waals surface area contributed by atoms with Crippen LogP contribution < -0.4 is 37.9 Å². The highest BCUT2D eigenvalue weighted by Gasteiger charge is 2.46. The third kappa shape index (κ3) is 9.26. The lowest BCUT2D eigenvalue weighted by Gasteiger charge is -2.35. The van der Waals surface area contributed by atoms with Gasteiger partial charge < -0.3 is 27.5 Å². The molecule has 2 heterocycles. The second-order valence-corrected chi connectivity index (χ2v) is 13.1. The van der Waals surface area contributed by atoms with Crippen LogP contribution in [0.3, 0.4) is 0 Å². The van der Waals surface area contributed by atoms with Crippen LogP contribution in [-0.2, 0) is 4.79 Å². The number of carbonyl (C=O) groups excluding carboxylic acids is 1. The maximum absolute atomic E-state index is 15.7. The van der Waals surface area contributed by atoms with Gasteiger partial charge in [0.2, 0.25) is 12.6 Å². The highest BCUT2D eigenvalue weighted by atomic mass is 127. The molecule has 7 nitrogen and oxygen atoms in total. The molecule has 0 saturated carbocycles. The van der Waals surface area contributed by atoms with Crippen LogP contribution in [0.1, 0.15) is 59.3 Å². The van der Waals surface area contributed by atoms with Crippen molar-refractivity contribution in [2.24, 2.45) is 17.8 Å². The lowest BCUT2D eigenvalue weighted by molar-refractivity contribution is -0.831. The van der Waals surface area contributed by atoms with Gasteiger partial charge in [0, 0.05) is 25.4 Å². The molecule has 0 spiro atoms. The highest BCUT2D eigenvalue weighted by Crippen LogP contribution is 2.41. The Morgan fingerprint density at radius 1 is 1.44 bits per heavy atom. The van der Waals surface area contributed by atoms with Crippen LogP contribution in [0.25, 0.3) is 0 Å². The minimum atomic E-state index is -0.324. The molecule has 3 N–H and O–H groups in total. The van der Waals surface area contributed by atoms with Gasteiger partial charge in [-0.2, -0.15) is 9.58 Å². The Balaban J connectivity index is 0.00000506. The number of amides is 1. The number of nitrogens with one attached hydrogen (secondary N) is 3. The molecule has 5 atom stereocenters. The number of rotatable bonds is 13. The van der Waals surface area contributed by atoms with Crippen molar-refractivity contribution in [3.63, 3.8) is 0 Å². The summed E-state index contributed by atoms with van der Waals surface area (Å²) in [5.41, 5.74) is 7.55. The Kier molecular flexibility index (Phi) is 14.4. The monoisotopic (exact) mass is 818 g/mol. The summed E-state index contributed by atoms with van der Waals surface area (Å²) >= 11 is 2.24. The molecule has 237 valence electrons. The summed E-state index contributed by atoms with van der Waals surface area (Å²) in [6, 6.07) is 0. The highest BCUT2D eigenvalue weighted by molar-refractivity contribution is 14.1. The van der Waals surface area contributed by atoms with Crippen molar-refractivity contribution >= 4 is 41.9 Å². The molecule has 0 aromatic heterocycles. The average molecular weight is 818 g/mol. The Bertz CT molecular complexity index is 1200. The molecule has 1 amide bonds. The van der Waals surface area contributed by atoms with E-state index >= 15 is 4.39 Å². The van der Waals surface area contributed by atoms with Gasteiger partial charge in [-0.25, -0.2) is 4.39 Å². The van der Waals surface area contributed by atoms with Gasteiger partial charge in [-0.3, -0.25) is 14.6 Å². The van der Waals surface area contributed by atoms with Crippen LogP contribution in [-0.4, -0.2) is 73.8 Å². The van der Waals surface area contributed by atoms with Crippen LogP contribution in [0.2, 0.25) is 12.6 Å². The van der Waals surface area contributed by atoms with E-state index in [4.69, 9.17) is 0 Å². The molecule has 0 aromatic rings. The maximum atomic E-state index is 15.7. The van der Waals surface area contributed by atoms with Gasteiger partial charge in [-0.05, 0) is 75.1 Å². The molecule has 4 rings (SSSR count). The molecule has 4 aliphatic rings. The van der Waals surface area contributed by atoms with Crippen LogP contribution >= 0.6 is 22.9 Å². The lowest BCUT2D eigenvalue weighted by Crippen LogP contribution is -3.17. The van der Waals surface area contributed by atoms with Gasteiger partial charge in [0.1, 0.15) is 26.1 Å². The van der Waals surface area contributed by atoms with Gasteiger partial charge in [0.05, 0.1) is 35.6 Å². The number of carbonyl (C=O) groups is 1. The maximum Gasteiger partial charge on any atom is 0.364 e. The summed E-state index contributed by atoms with van der Waals surface area (Å²) in [5, 5.41) is 1.28. The number of nitrogens with zero attached hydrogens (tertiary/aromatic N) is 3. The van der Waals surface area contributed by atoms with Crippen molar-refractivity contribution in [1.29, 1.82) is 0 Å². The fraction of sp³-hybridized carbons (Fsp3) is 0.625. The molecule has 0 aromatic carbocycles. The average Bonchev–Trinajstić information content (AvgIpc) is 3.26. The molecule has 11 heteroatoms. The molecule has 0 bridgehead atoms. The summed E-state index contributed by atoms with van der Waals surface area (Å²) in [4.78, 5) is 16.6. The Hall–Kier alpha value is -1.03. The third-order valence-corrected chi connectivity index (χ3v) is 9.85. The van der Waals surface area contributed by atoms with Crippen LogP contribution in [0.15, 0.2) is 58.9 Å². The Morgan fingerprint density at radius 3 is 2.74 bits per heavy atom. The van der Waals surface area contributed by atoms with Gasteiger partial charge in [-0.15, -0.1) is 0 Å². The molecule has 0 saturated heterocycles. The summed E-state index contributed by atoms with van der Waals surface area (Å²) in [5.74, 6) is 2.50. The summed E-state index contributed by atoms with van der Waals surface area (Å²) in [6.45, 7) is 11.3. The minimum absolute atomic E-state index is 0. The molecule has 1 radical (unpaired) electrons. The predicted octanol–water partition coefficient (Wildman–Crippen LogP) is 1.35. The van der Waals surface area contributed by atoms with Gasteiger partial charge >= 0.3 is 5.84 Å². The number of halogens is 3. The standard InChI is InChI=1S/C32H49BFIN6O.HI/c1-7-13-40(18-22(2)33-4)19-25-16-29(34)30(41(20-25)23(3)42)12-11-24-14-27(17-28(15-24)37-35)31(26-9-8-10-26)32-38(5)21-36-39(32)6;/h9,12,15-16,20,22,24,27,31,36-37H,7-8,10-11,13-14,17-19,21H2,1-6H3;1H/q+1;/b30-12-;/t22?,24?,27?,31-;/m1./s1. The first kappa shape index (κ1) is 36.4. The fourth-order valence-electron chi connectivity index (χ4n) is 6.88. The van der Waals surface area contributed by atoms with Gasteiger partial charge in [0.25, 0.3) is 0 Å². The molecular weight excluding hydrogens is 768 g/mol. The van der Waals surface area contributed by atoms with E-state index in [1.54, 1.807) is 11.6 Å². The molecule has 2 aliphatic heterocycles. The van der Waals surface area contributed by atoms with Crippen LogP contribution in [0, 0.1) is 17.8 Å². The topological polar surface area (TPSA) is 55.1 Å². The third-order valence-electron chi connectivity index (χ3n) is 9.15. The van der Waals surface area contributed by atoms with E-state index in [1.165, 1.54) is 41.2 Å². The van der Waals surface area contributed by atoms with Crippen molar-refractivity contribution in [2.45, 2.75) is 71.9 Å². The Morgan fingerprint density at radius 2 is 2.19 bits per heavy atom. The van der Waals surface area contributed by atoms with Crippen molar-refractivity contribution in [1.82, 2.24) is 18.8 Å². The lowest BCUT2D eigenvalue weighted by atomic mass is 9.68. The number of amidine groups is 1. The molecule has 43 heavy (non-hydrogen) atoms. The number of hydrogen-bond donors (Lipinski definition) is 3. The van der Waals surface area contributed by atoms with E-state index in [2.05, 4.69) is 95.5 Å². The summed E-state index contributed by atoms with van der Waals surface area (Å²) in [6.07, 6.45) is 16.2. The quantitative estimate of drug-likeness (QED) is 0.0866. The summed E-state index contributed by atoms with van der Waals surface area (Å²) in [7, 11) is 6.58. The summed E-state index contributed by atoms with van der Waals surface area (Å²) < 4.78 is 21.5. The Labute approximate surface area is 290 Å². The van der Waals surface area contributed by atoms with Crippen molar-refractivity contribution in [3.8, 4) is 0 Å². The van der Waals surface area contributed by atoms with Gasteiger partial charge in [-0.1, -0.05) is 55.7 Å². The zero-order chi connectivity index (χ0) is 30.4. The minimum Gasteiger partial charge on any atom is -1.00 e. The number of allylic oxidation sites excluding steroid dienone is 5. The predicted molar refractivity (Wildman–Crippen MR) is 179 cm³/mol. The first-order chi connectivity index (χ1) is 20.1. The van der Waals surface area contributed by atoms with E-state index in [0.29, 0.717) is 36.3 Å². The number of hydrogen-bond acceptors (Lipinski definition) is 4. The molecule has 4 unspecified atom stereocenters. The largest absolute Gasteiger partial charge is 1.00 e. The smallest absolute Gasteiger partial charge is 0.364 e. The van der Waals surface area contributed by atoms with Crippen molar-refractivity contribution in [3.05, 3.63) is 58.9 Å². The van der Waals surface area contributed by atoms with Crippen LogP contribution in [0.5, 0.6) is 0 Å². The second-order valence-electron chi connectivity index (χ2n) is 12.5. The second kappa shape index (κ2) is 17.0. The molecular formula is C32H50BFI2N6O+. The molecule has 0 fully saturated rings. The van der Waals surface area contributed by atoms with Gasteiger partial charge in [0.15, 0.2) is 0 Å². The SMILES string of the molecule is C[B]C(C)CN(CCC)CC1=CN(C(C)=O)/C(=C\CC2C=C(NI)CC([C@@H](C3=CCC3)C3=[N+](C)CN[NH+]3C)C2)C(F)=C1.[I-]. The van der Waals surface area contributed by atoms with Crippen LogP contribution in [0.4, 0.5) is 4.39 Å². The first-order valence-electron chi connectivity index (χ1n) is 15.7. The van der Waals surface area contributed by atoms with E-state index < -0.39 is 0 Å². The van der Waals surface area contributed by atoms with E-state index in [-0.39, 0.29) is 41.6 Å².